The fourth-order valence-electron chi connectivity index (χ4n) is 2.01. The first kappa shape index (κ1) is 13.0. The third-order valence-electron chi connectivity index (χ3n) is 3.18. The zero-order chi connectivity index (χ0) is 12.1. The molecule has 1 aliphatic rings. The maximum atomic E-state index is 5.79. The van der Waals surface area contributed by atoms with Crippen molar-refractivity contribution in [2.75, 3.05) is 23.6 Å². The fraction of sp³-hybridized carbons (Fsp3) is 0.667. The molecule has 0 saturated heterocycles. The van der Waals surface area contributed by atoms with E-state index < -0.39 is 0 Å². The largest absolute Gasteiger partial charge is 0.353 e. The highest BCUT2D eigenvalue weighted by Gasteiger charge is 2.25. The average Bonchev–Trinajstić information content (AvgIpc) is 2.32. The first-order valence-electron chi connectivity index (χ1n) is 6.04. The summed E-state index contributed by atoms with van der Waals surface area (Å²) in [5, 5.41) is 1.03. The second kappa shape index (κ2) is 6.45. The minimum Gasteiger partial charge on any atom is -0.353 e. The normalized spacial score (nSPS) is 15.6. The Morgan fingerprint density at radius 1 is 1.47 bits per heavy atom. The Morgan fingerprint density at radius 2 is 2.29 bits per heavy atom. The Morgan fingerprint density at radius 3 is 2.88 bits per heavy atom. The van der Waals surface area contributed by atoms with Crippen molar-refractivity contribution in [3.63, 3.8) is 0 Å². The molecule has 0 radical (unpaired) electrons. The van der Waals surface area contributed by atoms with Crippen molar-refractivity contribution in [3.8, 4) is 0 Å². The van der Waals surface area contributed by atoms with E-state index in [4.69, 9.17) is 11.6 Å². The van der Waals surface area contributed by atoms with Gasteiger partial charge in [0.15, 0.2) is 0 Å². The summed E-state index contributed by atoms with van der Waals surface area (Å²) in [5.41, 5.74) is 0. The first-order chi connectivity index (χ1) is 8.35. The Hall–Kier alpha value is -0.480. The van der Waals surface area contributed by atoms with Gasteiger partial charge in [0.1, 0.15) is 17.2 Å². The van der Waals surface area contributed by atoms with Crippen LogP contribution in [0.1, 0.15) is 25.7 Å². The van der Waals surface area contributed by atoms with E-state index in [1.54, 1.807) is 18.1 Å². The number of anilines is 1. The third kappa shape index (κ3) is 3.26. The minimum atomic E-state index is 0.655. The van der Waals surface area contributed by atoms with Gasteiger partial charge in [-0.25, -0.2) is 9.97 Å². The van der Waals surface area contributed by atoms with Gasteiger partial charge < -0.3 is 4.90 Å². The third-order valence-corrected chi connectivity index (χ3v) is 4.09. The van der Waals surface area contributed by atoms with Crippen LogP contribution in [0.5, 0.6) is 0 Å². The van der Waals surface area contributed by atoms with E-state index in [0.29, 0.717) is 11.9 Å². The number of halogens is 1. The molecule has 1 aromatic rings. The average molecular weight is 272 g/mol. The Bertz CT molecular complexity index is 357. The van der Waals surface area contributed by atoms with Crippen LogP contribution in [0.25, 0.3) is 0 Å². The zero-order valence-corrected chi connectivity index (χ0v) is 11.7. The molecular weight excluding hydrogens is 254 g/mol. The quantitative estimate of drug-likeness (QED) is 0.451. The highest BCUT2D eigenvalue weighted by Crippen LogP contribution is 2.29. The van der Waals surface area contributed by atoms with Crippen molar-refractivity contribution >= 4 is 29.2 Å². The summed E-state index contributed by atoms with van der Waals surface area (Å²) in [7, 11) is 0. The zero-order valence-electron chi connectivity index (χ0n) is 10.1. The molecule has 0 atom stereocenters. The molecule has 94 valence electrons. The van der Waals surface area contributed by atoms with Gasteiger partial charge in [0.2, 0.25) is 0 Å². The van der Waals surface area contributed by atoms with Gasteiger partial charge in [0, 0.05) is 24.5 Å². The summed E-state index contributed by atoms with van der Waals surface area (Å²) < 4.78 is 0. The lowest BCUT2D eigenvalue weighted by atomic mass is 9.91. The molecule has 1 aliphatic carbocycles. The van der Waals surface area contributed by atoms with Crippen LogP contribution in [0.15, 0.2) is 17.4 Å². The van der Waals surface area contributed by atoms with Gasteiger partial charge in [0.25, 0.3) is 0 Å². The second-order valence-corrected chi connectivity index (χ2v) is 5.44. The highest BCUT2D eigenvalue weighted by molar-refractivity contribution is 7.98. The molecule has 2 rings (SSSR count). The van der Waals surface area contributed by atoms with Gasteiger partial charge in [-0.05, 0) is 31.9 Å². The Labute approximate surface area is 112 Å². The predicted molar refractivity (Wildman–Crippen MR) is 74.1 cm³/mol. The molecule has 1 heterocycles. The second-order valence-electron chi connectivity index (χ2n) is 4.24. The number of hydrogen-bond acceptors (Lipinski definition) is 4. The van der Waals surface area contributed by atoms with Gasteiger partial charge in [-0.1, -0.05) is 0 Å². The van der Waals surface area contributed by atoms with E-state index in [0.717, 1.165) is 23.8 Å². The summed E-state index contributed by atoms with van der Waals surface area (Å²) in [6.07, 6.45) is 8.60. The van der Waals surface area contributed by atoms with Crippen molar-refractivity contribution in [2.45, 2.75) is 36.8 Å². The van der Waals surface area contributed by atoms with Gasteiger partial charge in [0.05, 0.1) is 0 Å². The van der Waals surface area contributed by atoms with Crippen molar-refractivity contribution < 1.29 is 0 Å². The van der Waals surface area contributed by atoms with Crippen LogP contribution in [0.4, 0.5) is 5.82 Å². The number of rotatable bonds is 6. The number of thioether (sulfide) groups is 1. The van der Waals surface area contributed by atoms with Crippen molar-refractivity contribution in [3.05, 3.63) is 12.4 Å². The molecule has 0 unspecified atom stereocenters. The lowest BCUT2D eigenvalue weighted by Gasteiger charge is -2.38. The van der Waals surface area contributed by atoms with Gasteiger partial charge in [-0.15, -0.1) is 23.4 Å². The monoisotopic (exact) mass is 271 g/mol. The van der Waals surface area contributed by atoms with E-state index in [9.17, 15) is 0 Å². The summed E-state index contributed by atoms with van der Waals surface area (Å²) in [6, 6.07) is 2.74. The van der Waals surface area contributed by atoms with Crippen LogP contribution < -0.4 is 4.90 Å². The van der Waals surface area contributed by atoms with Crippen LogP contribution >= 0.6 is 23.4 Å². The van der Waals surface area contributed by atoms with Crippen LogP contribution in [0.2, 0.25) is 0 Å². The maximum Gasteiger partial charge on any atom is 0.133 e. The molecule has 1 fully saturated rings. The van der Waals surface area contributed by atoms with E-state index in [1.165, 1.54) is 19.3 Å². The predicted octanol–water partition coefficient (Wildman–Crippen LogP) is 3.19. The number of aromatic nitrogens is 2. The van der Waals surface area contributed by atoms with Crippen LogP contribution in [-0.4, -0.2) is 34.7 Å². The number of hydrogen-bond donors (Lipinski definition) is 0. The fourth-order valence-corrected chi connectivity index (χ4v) is 2.51. The summed E-state index contributed by atoms with van der Waals surface area (Å²) in [6.45, 7) is 0.999. The minimum absolute atomic E-state index is 0.655. The van der Waals surface area contributed by atoms with Crippen molar-refractivity contribution in [1.82, 2.24) is 9.97 Å². The van der Waals surface area contributed by atoms with E-state index >= 15 is 0 Å². The van der Waals surface area contributed by atoms with E-state index in [-0.39, 0.29) is 0 Å². The smallest absolute Gasteiger partial charge is 0.133 e. The first-order valence-corrected chi connectivity index (χ1v) is 7.79. The molecule has 0 aromatic carbocycles. The number of nitrogens with zero attached hydrogens (tertiary/aromatic N) is 3. The molecule has 0 aliphatic heterocycles. The molecule has 1 aromatic heterocycles. The number of alkyl halides is 1. The van der Waals surface area contributed by atoms with Gasteiger partial charge in [-0.2, -0.15) is 0 Å². The van der Waals surface area contributed by atoms with Crippen LogP contribution in [0, 0.1) is 0 Å². The Kier molecular flexibility index (Phi) is 4.92. The highest BCUT2D eigenvalue weighted by atomic mass is 35.5. The topological polar surface area (TPSA) is 29.0 Å². The van der Waals surface area contributed by atoms with Crippen molar-refractivity contribution in [1.29, 1.82) is 0 Å². The lowest BCUT2D eigenvalue weighted by Crippen LogP contribution is -2.41. The van der Waals surface area contributed by atoms with Gasteiger partial charge >= 0.3 is 0 Å². The van der Waals surface area contributed by atoms with E-state index in [1.807, 2.05) is 6.26 Å². The Balaban J connectivity index is 2.11. The molecule has 5 heteroatoms. The maximum absolute atomic E-state index is 5.79. The SMILES string of the molecule is CSc1cc(N(CCCCl)C2CCC2)ncn1. The van der Waals surface area contributed by atoms with Crippen LogP contribution in [0.3, 0.4) is 0 Å². The lowest BCUT2D eigenvalue weighted by molar-refractivity contribution is 0.383. The molecule has 0 bridgehead atoms. The molecule has 0 spiro atoms. The molecule has 0 amide bonds. The summed E-state index contributed by atoms with van der Waals surface area (Å²) in [4.78, 5) is 11.0. The summed E-state index contributed by atoms with van der Waals surface area (Å²) >= 11 is 7.45. The van der Waals surface area contributed by atoms with Crippen LogP contribution in [-0.2, 0) is 0 Å². The molecule has 3 nitrogen and oxygen atoms in total. The van der Waals surface area contributed by atoms with E-state index in [2.05, 4.69) is 20.9 Å². The molecule has 0 N–H and O–H groups in total. The van der Waals surface area contributed by atoms with Crippen molar-refractivity contribution in [2.24, 2.45) is 0 Å². The standard InChI is InChI=1S/C12H18ClN3S/c1-17-12-8-11(14-9-15-12)16(7-3-6-13)10-4-2-5-10/h8-10H,2-7H2,1H3. The molecule has 1 saturated carbocycles. The van der Waals surface area contributed by atoms with Gasteiger partial charge in [-0.3, -0.25) is 0 Å². The molecule has 17 heavy (non-hydrogen) atoms. The molecular formula is C12H18ClN3S. The summed E-state index contributed by atoms with van der Waals surface area (Å²) in [5.74, 6) is 1.77.